The van der Waals surface area contributed by atoms with Crippen LogP contribution in [0.1, 0.15) is 19.8 Å². The third-order valence-corrected chi connectivity index (χ3v) is 4.07. The molecule has 18 heavy (non-hydrogen) atoms. The first-order chi connectivity index (χ1) is 8.75. The van der Waals surface area contributed by atoms with Crippen LogP contribution in [0.2, 0.25) is 0 Å². The topological polar surface area (TPSA) is 38.3 Å². The smallest absolute Gasteiger partial charge is 0.233 e. The lowest BCUT2D eigenvalue weighted by molar-refractivity contribution is -0.120. The molecule has 1 aliphatic heterocycles. The van der Waals surface area contributed by atoms with Crippen molar-refractivity contribution in [1.29, 1.82) is 0 Å². The van der Waals surface area contributed by atoms with E-state index in [1.165, 1.54) is 0 Å². The summed E-state index contributed by atoms with van der Waals surface area (Å²) in [6, 6.07) is 9.99. The Bertz CT molecular complexity index is 377. The molecular weight excluding hydrogens is 246 g/mol. The molecule has 1 aromatic rings. The van der Waals surface area contributed by atoms with Gasteiger partial charge >= 0.3 is 0 Å². The molecular formula is C14H19NO2S. The van der Waals surface area contributed by atoms with Gasteiger partial charge in [-0.05, 0) is 31.9 Å². The summed E-state index contributed by atoms with van der Waals surface area (Å²) in [6.07, 6.45) is 2.37. The van der Waals surface area contributed by atoms with E-state index in [0.29, 0.717) is 6.54 Å². The first-order valence-electron chi connectivity index (χ1n) is 6.37. The van der Waals surface area contributed by atoms with Gasteiger partial charge in [0.1, 0.15) is 0 Å². The van der Waals surface area contributed by atoms with Gasteiger partial charge in [0.05, 0.1) is 11.4 Å². The fourth-order valence-electron chi connectivity index (χ4n) is 1.92. The van der Waals surface area contributed by atoms with Crippen LogP contribution in [0, 0.1) is 0 Å². The molecule has 1 heterocycles. The van der Waals surface area contributed by atoms with Crippen LogP contribution in [-0.2, 0) is 9.53 Å². The molecule has 1 amide bonds. The van der Waals surface area contributed by atoms with Crippen molar-refractivity contribution in [3.63, 3.8) is 0 Å². The van der Waals surface area contributed by atoms with Gasteiger partial charge in [0, 0.05) is 18.0 Å². The van der Waals surface area contributed by atoms with E-state index in [4.69, 9.17) is 4.74 Å². The number of carbonyl (C=O) groups excluding carboxylic acids is 1. The summed E-state index contributed by atoms with van der Waals surface area (Å²) in [6.45, 7) is 3.40. The van der Waals surface area contributed by atoms with Gasteiger partial charge in [0.15, 0.2) is 0 Å². The van der Waals surface area contributed by atoms with Crippen molar-refractivity contribution in [2.24, 2.45) is 0 Å². The summed E-state index contributed by atoms with van der Waals surface area (Å²) in [5.74, 6) is 0.0827. The van der Waals surface area contributed by atoms with E-state index >= 15 is 0 Å². The third kappa shape index (κ3) is 4.03. The Kier molecular flexibility index (Phi) is 5.08. The predicted octanol–water partition coefficient (Wildman–Crippen LogP) is 2.46. The molecule has 0 saturated carbocycles. The van der Waals surface area contributed by atoms with E-state index in [0.717, 1.165) is 24.3 Å². The summed E-state index contributed by atoms with van der Waals surface area (Å²) in [7, 11) is 0. The summed E-state index contributed by atoms with van der Waals surface area (Å²) in [5.41, 5.74) is 0. The molecule has 1 aromatic carbocycles. The van der Waals surface area contributed by atoms with Gasteiger partial charge in [0.25, 0.3) is 0 Å². The summed E-state index contributed by atoms with van der Waals surface area (Å²) in [4.78, 5) is 13.0. The SMILES string of the molecule is C[C@@H](Sc1ccccc1)C(=O)NC[C@H]1CCCO1. The molecule has 98 valence electrons. The van der Waals surface area contributed by atoms with Gasteiger partial charge in [-0.25, -0.2) is 0 Å². The van der Waals surface area contributed by atoms with Gasteiger partial charge in [0.2, 0.25) is 5.91 Å². The highest BCUT2D eigenvalue weighted by Crippen LogP contribution is 2.22. The Labute approximate surface area is 112 Å². The minimum Gasteiger partial charge on any atom is -0.376 e. The summed E-state index contributed by atoms with van der Waals surface area (Å²) in [5, 5.41) is 2.88. The Morgan fingerprint density at radius 2 is 2.28 bits per heavy atom. The van der Waals surface area contributed by atoms with E-state index < -0.39 is 0 Å². The molecule has 2 atom stereocenters. The molecule has 1 fully saturated rings. The molecule has 0 spiro atoms. The van der Waals surface area contributed by atoms with Crippen LogP contribution in [0.4, 0.5) is 0 Å². The number of hydrogen-bond acceptors (Lipinski definition) is 3. The van der Waals surface area contributed by atoms with E-state index in [2.05, 4.69) is 5.32 Å². The lowest BCUT2D eigenvalue weighted by Gasteiger charge is -2.14. The molecule has 0 radical (unpaired) electrons. The number of rotatable bonds is 5. The Balaban J connectivity index is 1.74. The predicted molar refractivity (Wildman–Crippen MR) is 73.7 cm³/mol. The fourth-order valence-corrected chi connectivity index (χ4v) is 2.83. The van der Waals surface area contributed by atoms with Gasteiger partial charge in [-0.15, -0.1) is 11.8 Å². The average Bonchev–Trinajstić information content (AvgIpc) is 2.90. The van der Waals surface area contributed by atoms with Gasteiger partial charge in [-0.1, -0.05) is 18.2 Å². The lowest BCUT2D eigenvalue weighted by Crippen LogP contribution is -2.36. The maximum Gasteiger partial charge on any atom is 0.233 e. The molecule has 0 bridgehead atoms. The first-order valence-corrected chi connectivity index (χ1v) is 7.24. The molecule has 0 unspecified atom stereocenters. The van der Waals surface area contributed by atoms with Crippen molar-refractivity contribution in [1.82, 2.24) is 5.32 Å². The second-order valence-electron chi connectivity index (χ2n) is 4.45. The maximum atomic E-state index is 11.9. The summed E-state index contributed by atoms with van der Waals surface area (Å²) >= 11 is 1.58. The molecule has 0 aliphatic carbocycles. The quantitative estimate of drug-likeness (QED) is 0.831. The van der Waals surface area contributed by atoms with Crippen LogP contribution < -0.4 is 5.32 Å². The highest BCUT2D eigenvalue weighted by Gasteiger charge is 2.19. The average molecular weight is 265 g/mol. The zero-order valence-corrected chi connectivity index (χ0v) is 11.4. The number of amides is 1. The summed E-state index contributed by atoms with van der Waals surface area (Å²) < 4.78 is 5.48. The molecule has 1 N–H and O–H groups in total. The van der Waals surface area contributed by atoms with Crippen molar-refractivity contribution in [2.75, 3.05) is 13.2 Å². The van der Waals surface area contributed by atoms with Crippen LogP contribution in [0.5, 0.6) is 0 Å². The van der Waals surface area contributed by atoms with E-state index in [9.17, 15) is 4.79 Å². The first kappa shape index (κ1) is 13.4. The number of benzene rings is 1. The minimum absolute atomic E-state index is 0.0752. The molecule has 3 nitrogen and oxygen atoms in total. The molecule has 4 heteroatoms. The lowest BCUT2D eigenvalue weighted by atomic mass is 10.2. The standard InChI is InChI=1S/C14H19NO2S/c1-11(18-13-7-3-2-4-8-13)14(16)15-10-12-6-5-9-17-12/h2-4,7-8,11-12H,5-6,9-10H2,1H3,(H,15,16)/t11-,12-/m1/s1. The number of hydrogen-bond donors (Lipinski definition) is 1. The number of thioether (sulfide) groups is 1. The molecule has 0 aromatic heterocycles. The van der Waals surface area contributed by atoms with Gasteiger partial charge < -0.3 is 10.1 Å². The largest absolute Gasteiger partial charge is 0.376 e. The monoisotopic (exact) mass is 265 g/mol. The van der Waals surface area contributed by atoms with Crippen molar-refractivity contribution >= 4 is 17.7 Å². The number of carbonyl (C=O) groups is 1. The van der Waals surface area contributed by atoms with E-state index in [1.54, 1.807) is 11.8 Å². The molecule has 1 saturated heterocycles. The highest BCUT2D eigenvalue weighted by atomic mass is 32.2. The second kappa shape index (κ2) is 6.81. The Hall–Kier alpha value is -1.00. The van der Waals surface area contributed by atoms with Crippen LogP contribution in [-0.4, -0.2) is 30.4 Å². The Morgan fingerprint density at radius 3 is 2.94 bits per heavy atom. The third-order valence-electron chi connectivity index (χ3n) is 2.95. The van der Waals surface area contributed by atoms with Crippen LogP contribution >= 0.6 is 11.8 Å². The molecule has 1 aliphatic rings. The van der Waals surface area contributed by atoms with Gasteiger partial charge in [-0.3, -0.25) is 4.79 Å². The van der Waals surface area contributed by atoms with Crippen molar-refractivity contribution in [3.05, 3.63) is 30.3 Å². The zero-order chi connectivity index (χ0) is 12.8. The zero-order valence-electron chi connectivity index (χ0n) is 10.6. The van der Waals surface area contributed by atoms with Crippen LogP contribution in [0.3, 0.4) is 0 Å². The van der Waals surface area contributed by atoms with E-state index in [1.807, 2.05) is 37.3 Å². The fraction of sp³-hybridized carbons (Fsp3) is 0.500. The van der Waals surface area contributed by atoms with Crippen molar-refractivity contribution in [2.45, 2.75) is 36.0 Å². The van der Waals surface area contributed by atoms with Crippen LogP contribution in [0.15, 0.2) is 35.2 Å². The highest BCUT2D eigenvalue weighted by molar-refractivity contribution is 8.00. The van der Waals surface area contributed by atoms with Gasteiger partial charge in [-0.2, -0.15) is 0 Å². The number of nitrogens with one attached hydrogen (secondary N) is 1. The molecule has 2 rings (SSSR count). The van der Waals surface area contributed by atoms with Crippen molar-refractivity contribution < 1.29 is 9.53 Å². The minimum atomic E-state index is -0.0752. The normalized spacial score (nSPS) is 20.6. The van der Waals surface area contributed by atoms with Crippen LogP contribution in [0.25, 0.3) is 0 Å². The number of ether oxygens (including phenoxy) is 1. The van der Waals surface area contributed by atoms with E-state index in [-0.39, 0.29) is 17.3 Å². The maximum absolute atomic E-state index is 11.9. The van der Waals surface area contributed by atoms with Crippen molar-refractivity contribution in [3.8, 4) is 0 Å². The second-order valence-corrected chi connectivity index (χ2v) is 5.87. The Morgan fingerprint density at radius 1 is 1.50 bits per heavy atom.